The predicted octanol–water partition coefficient (Wildman–Crippen LogP) is 2.74. The molecule has 0 atom stereocenters. The minimum Gasteiger partial charge on any atom is -0.381 e. The number of hydrogen-bond donors (Lipinski definition) is 1. The Morgan fingerprint density at radius 3 is 2.75 bits per heavy atom. The van der Waals surface area contributed by atoms with Crippen LogP contribution in [0.15, 0.2) is 23.1 Å². The Morgan fingerprint density at radius 1 is 1.29 bits per heavy atom. The van der Waals surface area contributed by atoms with Gasteiger partial charge in [0.15, 0.2) is 5.78 Å². The molecule has 0 bridgehead atoms. The number of carbonyl (C=O) groups is 1. The second-order valence-electron chi connectivity index (χ2n) is 6.42. The minimum absolute atomic E-state index is 0.0193. The van der Waals surface area contributed by atoms with Crippen molar-refractivity contribution in [2.75, 3.05) is 13.2 Å². The molecular weight excluding hydrogens is 306 g/mol. The van der Waals surface area contributed by atoms with Gasteiger partial charge in [0, 0.05) is 24.2 Å². The summed E-state index contributed by atoms with van der Waals surface area (Å²) in [5.74, 6) is 0.0193. The van der Waals surface area contributed by atoms with E-state index in [4.69, 9.17) is 4.74 Å². The average molecular weight is 325 g/mol. The van der Waals surface area contributed by atoms with Crippen LogP contribution in [0, 0.1) is 6.92 Å². The lowest BCUT2D eigenvalue weighted by Gasteiger charge is -2.23. The van der Waals surface area contributed by atoms with E-state index in [0.29, 0.717) is 24.2 Å². The summed E-state index contributed by atoms with van der Waals surface area (Å²) in [6.07, 6.45) is 3.36. The van der Waals surface area contributed by atoms with Gasteiger partial charge in [0.2, 0.25) is 0 Å². The van der Waals surface area contributed by atoms with E-state index >= 15 is 0 Å². The van der Waals surface area contributed by atoms with Crippen molar-refractivity contribution in [2.45, 2.75) is 32.7 Å². The Bertz CT molecular complexity index is 1010. The molecule has 4 rings (SSSR count). The first kappa shape index (κ1) is 15.1. The molecule has 2 aromatic heterocycles. The SMILES string of the molecule is CC(=O)c1cc2c(cc1C)[nH]c(=O)c1cnn(C3CCOCC3)c12. The van der Waals surface area contributed by atoms with Gasteiger partial charge < -0.3 is 9.72 Å². The summed E-state index contributed by atoms with van der Waals surface area (Å²) >= 11 is 0. The molecule has 0 amide bonds. The van der Waals surface area contributed by atoms with Gasteiger partial charge >= 0.3 is 0 Å². The lowest BCUT2D eigenvalue weighted by atomic mass is 10.0. The number of ether oxygens (including phenoxy) is 1. The number of aromatic nitrogens is 3. The van der Waals surface area contributed by atoms with Gasteiger partial charge in [-0.15, -0.1) is 0 Å². The van der Waals surface area contributed by atoms with Crippen LogP contribution in [0.1, 0.15) is 41.7 Å². The Hall–Kier alpha value is -2.47. The van der Waals surface area contributed by atoms with Gasteiger partial charge in [-0.25, -0.2) is 0 Å². The van der Waals surface area contributed by atoms with Crippen LogP contribution in [-0.4, -0.2) is 33.8 Å². The fourth-order valence-corrected chi connectivity index (χ4v) is 3.58. The molecule has 1 aromatic carbocycles. The van der Waals surface area contributed by atoms with Crippen molar-refractivity contribution in [3.05, 3.63) is 39.8 Å². The number of benzene rings is 1. The van der Waals surface area contributed by atoms with Gasteiger partial charge in [-0.3, -0.25) is 14.3 Å². The first-order valence-electron chi connectivity index (χ1n) is 8.19. The van der Waals surface area contributed by atoms with Crippen molar-refractivity contribution in [2.24, 2.45) is 0 Å². The third-order valence-electron chi connectivity index (χ3n) is 4.82. The predicted molar refractivity (Wildman–Crippen MR) is 91.7 cm³/mol. The van der Waals surface area contributed by atoms with Crippen LogP contribution in [0.3, 0.4) is 0 Å². The van der Waals surface area contributed by atoms with Gasteiger partial charge in [0.25, 0.3) is 5.56 Å². The van der Waals surface area contributed by atoms with E-state index in [1.165, 1.54) is 0 Å². The Kier molecular flexibility index (Phi) is 3.49. The zero-order chi connectivity index (χ0) is 16.8. The van der Waals surface area contributed by atoms with Crippen LogP contribution in [0.4, 0.5) is 0 Å². The number of aromatic amines is 1. The molecule has 1 N–H and O–H groups in total. The summed E-state index contributed by atoms with van der Waals surface area (Å²) in [4.78, 5) is 27.3. The van der Waals surface area contributed by atoms with Gasteiger partial charge in [-0.05, 0) is 44.4 Å². The van der Waals surface area contributed by atoms with Gasteiger partial charge in [0.05, 0.1) is 28.7 Å². The lowest BCUT2D eigenvalue weighted by molar-refractivity contribution is 0.0675. The van der Waals surface area contributed by atoms with Crippen molar-refractivity contribution in [1.29, 1.82) is 0 Å². The van der Waals surface area contributed by atoms with E-state index in [1.807, 2.05) is 23.7 Å². The topological polar surface area (TPSA) is 77.0 Å². The number of aryl methyl sites for hydroxylation is 1. The first-order valence-corrected chi connectivity index (χ1v) is 8.19. The largest absolute Gasteiger partial charge is 0.381 e. The van der Waals surface area contributed by atoms with Gasteiger partial charge in [-0.1, -0.05) is 0 Å². The highest BCUT2D eigenvalue weighted by Crippen LogP contribution is 2.29. The summed E-state index contributed by atoms with van der Waals surface area (Å²) in [5, 5.41) is 5.91. The molecule has 3 heterocycles. The van der Waals surface area contributed by atoms with Crippen LogP contribution in [0.2, 0.25) is 0 Å². The number of rotatable bonds is 2. The molecule has 0 radical (unpaired) electrons. The minimum atomic E-state index is -0.147. The maximum Gasteiger partial charge on any atom is 0.259 e. The number of hydrogen-bond acceptors (Lipinski definition) is 4. The Balaban J connectivity index is 2.06. The average Bonchev–Trinajstić information content (AvgIpc) is 3.01. The highest BCUT2D eigenvalue weighted by atomic mass is 16.5. The van der Waals surface area contributed by atoms with Crippen molar-refractivity contribution in [3.8, 4) is 0 Å². The lowest BCUT2D eigenvalue weighted by Crippen LogP contribution is -2.20. The molecule has 6 heteroatoms. The second-order valence-corrected chi connectivity index (χ2v) is 6.42. The molecule has 6 nitrogen and oxygen atoms in total. The molecule has 1 fully saturated rings. The standard InChI is InChI=1S/C18H19N3O3/c1-10-7-16-14(8-13(10)11(2)22)17-15(18(23)20-16)9-19-21(17)12-3-5-24-6-4-12/h7-9,12H,3-6H2,1-2H3,(H,20,23). The number of Topliss-reactive ketones (excluding diaryl/α,β-unsaturated/α-hetero) is 1. The van der Waals surface area contributed by atoms with Gasteiger partial charge in [-0.2, -0.15) is 5.10 Å². The zero-order valence-electron chi connectivity index (χ0n) is 13.8. The number of pyridine rings is 1. The Morgan fingerprint density at radius 2 is 2.04 bits per heavy atom. The molecule has 1 saturated heterocycles. The van der Waals surface area contributed by atoms with Crippen molar-refractivity contribution < 1.29 is 9.53 Å². The van der Waals surface area contributed by atoms with E-state index in [1.54, 1.807) is 13.1 Å². The molecule has 124 valence electrons. The summed E-state index contributed by atoms with van der Waals surface area (Å²) in [6.45, 7) is 4.84. The van der Waals surface area contributed by atoms with Gasteiger partial charge in [0.1, 0.15) is 0 Å². The number of nitrogens with zero attached hydrogens (tertiary/aromatic N) is 2. The molecule has 0 unspecified atom stereocenters. The molecular formula is C18H19N3O3. The van der Waals surface area contributed by atoms with Crippen LogP contribution in [0.5, 0.6) is 0 Å². The summed E-state index contributed by atoms with van der Waals surface area (Å²) < 4.78 is 7.37. The van der Waals surface area contributed by atoms with Crippen LogP contribution < -0.4 is 5.56 Å². The van der Waals surface area contributed by atoms with E-state index in [0.717, 1.165) is 34.8 Å². The van der Waals surface area contributed by atoms with E-state index < -0.39 is 0 Å². The number of ketones is 1. The maximum atomic E-state index is 12.4. The second kappa shape index (κ2) is 5.56. The fourth-order valence-electron chi connectivity index (χ4n) is 3.58. The number of H-pyrrole nitrogens is 1. The highest BCUT2D eigenvalue weighted by molar-refractivity contribution is 6.07. The first-order chi connectivity index (χ1) is 11.6. The maximum absolute atomic E-state index is 12.4. The number of nitrogens with one attached hydrogen (secondary N) is 1. The van der Waals surface area contributed by atoms with Crippen LogP contribution >= 0.6 is 0 Å². The number of carbonyl (C=O) groups excluding carboxylic acids is 1. The smallest absolute Gasteiger partial charge is 0.259 e. The van der Waals surface area contributed by atoms with Crippen molar-refractivity contribution >= 4 is 27.6 Å². The quantitative estimate of drug-likeness (QED) is 0.735. The number of fused-ring (bicyclic) bond motifs is 3. The van der Waals surface area contributed by atoms with Crippen LogP contribution in [0.25, 0.3) is 21.8 Å². The third-order valence-corrected chi connectivity index (χ3v) is 4.82. The summed E-state index contributed by atoms with van der Waals surface area (Å²) in [5.41, 5.74) is 2.94. The highest BCUT2D eigenvalue weighted by Gasteiger charge is 2.21. The normalized spacial score (nSPS) is 16.1. The Labute approximate surface area is 138 Å². The molecule has 0 spiro atoms. The van der Waals surface area contributed by atoms with Crippen LogP contribution in [-0.2, 0) is 4.74 Å². The van der Waals surface area contributed by atoms with E-state index in [2.05, 4.69) is 10.1 Å². The molecule has 0 aliphatic carbocycles. The summed E-state index contributed by atoms with van der Waals surface area (Å²) in [7, 11) is 0. The monoisotopic (exact) mass is 325 g/mol. The fraction of sp³-hybridized carbons (Fsp3) is 0.389. The van der Waals surface area contributed by atoms with Crippen molar-refractivity contribution in [3.63, 3.8) is 0 Å². The van der Waals surface area contributed by atoms with E-state index in [-0.39, 0.29) is 17.4 Å². The van der Waals surface area contributed by atoms with E-state index in [9.17, 15) is 9.59 Å². The zero-order valence-corrected chi connectivity index (χ0v) is 13.8. The molecule has 3 aromatic rings. The third kappa shape index (κ3) is 2.26. The van der Waals surface area contributed by atoms with Crippen molar-refractivity contribution in [1.82, 2.24) is 14.8 Å². The molecule has 1 aliphatic heterocycles. The molecule has 0 saturated carbocycles. The molecule has 1 aliphatic rings. The molecule has 24 heavy (non-hydrogen) atoms. The summed E-state index contributed by atoms with van der Waals surface area (Å²) in [6, 6.07) is 3.96.